The lowest BCUT2D eigenvalue weighted by atomic mass is 10.3. The van der Waals surface area contributed by atoms with Crippen molar-refractivity contribution in [2.45, 2.75) is 6.92 Å². The molecule has 0 bridgehead atoms. The van der Waals surface area contributed by atoms with Crippen LogP contribution in [0.2, 0.25) is 0 Å². The molecule has 0 radical (unpaired) electrons. The fraction of sp³-hybridized carbons (Fsp3) is 0.200. The number of hydrogen-bond acceptors (Lipinski definition) is 3. The Morgan fingerprint density at radius 2 is 2.38 bits per heavy atom. The minimum Gasteiger partial charge on any atom is -0.403 e. The molecule has 0 aromatic rings. The van der Waals surface area contributed by atoms with Crippen LogP contribution in [-0.2, 0) is 4.79 Å². The molecule has 0 heterocycles. The van der Waals surface area contributed by atoms with E-state index in [2.05, 4.69) is 11.7 Å². The first-order valence-corrected chi connectivity index (χ1v) is 2.12. The van der Waals surface area contributed by atoms with Gasteiger partial charge in [0.1, 0.15) is 5.70 Å². The Kier molecular flexibility index (Phi) is 2.54. The fourth-order valence-corrected chi connectivity index (χ4v) is 0.281. The number of Topliss-reactive ketones (excluding diaryl/α,β-unsaturated/α-hetero) is 1. The number of nitrogens with zero attached hydrogens (tertiary/aromatic N) is 1. The molecule has 0 rings (SSSR count). The molecular formula is C5H8N2O. The van der Waals surface area contributed by atoms with Crippen LogP contribution in [0.3, 0.4) is 0 Å². The molecule has 0 aliphatic heterocycles. The molecule has 0 aromatic carbocycles. The maximum atomic E-state index is 10.3. The van der Waals surface area contributed by atoms with Crippen LogP contribution in [0.5, 0.6) is 0 Å². The first kappa shape index (κ1) is 6.88. The fourth-order valence-electron chi connectivity index (χ4n) is 0.281. The summed E-state index contributed by atoms with van der Waals surface area (Å²) >= 11 is 0. The lowest BCUT2D eigenvalue weighted by Crippen LogP contribution is -1.95. The van der Waals surface area contributed by atoms with Crippen molar-refractivity contribution in [3.8, 4) is 0 Å². The molecule has 0 aliphatic rings. The van der Waals surface area contributed by atoms with Gasteiger partial charge in [-0.05, 0) is 6.72 Å². The van der Waals surface area contributed by atoms with Crippen molar-refractivity contribution in [1.29, 1.82) is 0 Å². The van der Waals surface area contributed by atoms with Gasteiger partial charge in [0.15, 0.2) is 5.78 Å². The van der Waals surface area contributed by atoms with Crippen molar-refractivity contribution in [3.63, 3.8) is 0 Å². The maximum Gasteiger partial charge on any atom is 0.179 e. The monoisotopic (exact) mass is 112 g/mol. The van der Waals surface area contributed by atoms with Crippen LogP contribution >= 0.6 is 0 Å². The molecule has 0 aromatic heterocycles. The molecule has 3 heteroatoms. The normalized spacial score (nSPS) is 10.9. The van der Waals surface area contributed by atoms with Crippen molar-refractivity contribution in [2.24, 2.45) is 10.7 Å². The highest BCUT2D eigenvalue weighted by molar-refractivity contribution is 5.93. The van der Waals surface area contributed by atoms with E-state index in [1.54, 1.807) is 0 Å². The highest BCUT2D eigenvalue weighted by Gasteiger charge is 1.95. The molecule has 2 N–H and O–H groups in total. The van der Waals surface area contributed by atoms with Gasteiger partial charge in [0.25, 0.3) is 0 Å². The quantitative estimate of drug-likeness (QED) is 0.406. The summed E-state index contributed by atoms with van der Waals surface area (Å²) in [7, 11) is 0. The Hall–Kier alpha value is -1.12. The molecule has 0 amide bonds. The summed E-state index contributed by atoms with van der Waals surface area (Å²) in [6.45, 7) is 4.52. The second-order valence-corrected chi connectivity index (χ2v) is 1.27. The van der Waals surface area contributed by atoms with Gasteiger partial charge >= 0.3 is 0 Å². The smallest absolute Gasteiger partial charge is 0.179 e. The van der Waals surface area contributed by atoms with Gasteiger partial charge in [-0.25, -0.2) is 0 Å². The predicted octanol–water partition coefficient (Wildman–Crippen LogP) is 0.0761. The predicted molar refractivity (Wildman–Crippen MR) is 32.5 cm³/mol. The lowest BCUT2D eigenvalue weighted by molar-refractivity contribution is -0.113. The van der Waals surface area contributed by atoms with Gasteiger partial charge < -0.3 is 5.73 Å². The summed E-state index contributed by atoms with van der Waals surface area (Å²) in [6, 6.07) is 0. The first-order chi connectivity index (χ1) is 3.72. The van der Waals surface area contributed by atoms with Gasteiger partial charge in [-0.1, -0.05) is 0 Å². The molecule has 0 fully saturated rings. The van der Waals surface area contributed by atoms with Crippen molar-refractivity contribution in [1.82, 2.24) is 0 Å². The zero-order chi connectivity index (χ0) is 6.57. The minimum absolute atomic E-state index is 0.164. The number of allylic oxidation sites excluding steroid dienone is 1. The summed E-state index contributed by atoms with van der Waals surface area (Å²) in [5.74, 6) is -0.164. The molecule has 44 valence electrons. The van der Waals surface area contributed by atoms with E-state index in [0.29, 0.717) is 0 Å². The van der Waals surface area contributed by atoms with Gasteiger partial charge in [-0.2, -0.15) is 0 Å². The second-order valence-electron chi connectivity index (χ2n) is 1.27. The molecule has 0 saturated heterocycles. The average molecular weight is 112 g/mol. The van der Waals surface area contributed by atoms with Crippen LogP contribution < -0.4 is 5.73 Å². The SMILES string of the molecule is C=N/C(=C/N)C(C)=O. The summed E-state index contributed by atoms with van der Waals surface area (Å²) in [5.41, 5.74) is 5.18. The Labute approximate surface area is 47.9 Å². The number of nitrogens with two attached hydrogens (primary N) is 1. The highest BCUT2D eigenvalue weighted by Crippen LogP contribution is 1.91. The largest absolute Gasteiger partial charge is 0.403 e. The van der Waals surface area contributed by atoms with E-state index in [1.165, 1.54) is 6.92 Å². The number of hydrogen-bond donors (Lipinski definition) is 1. The van der Waals surface area contributed by atoms with Crippen molar-refractivity contribution >= 4 is 12.5 Å². The molecule has 0 saturated carbocycles. The van der Waals surface area contributed by atoms with Crippen LogP contribution in [-0.4, -0.2) is 12.5 Å². The zero-order valence-corrected chi connectivity index (χ0v) is 4.72. The van der Waals surface area contributed by atoms with Gasteiger partial charge in [0, 0.05) is 13.1 Å². The number of ketones is 1. The minimum atomic E-state index is -0.164. The lowest BCUT2D eigenvalue weighted by Gasteiger charge is -1.87. The van der Waals surface area contributed by atoms with E-state index in [4.69, 9.17) is 5.73 Å². The average Bonchev–Trinajstić information content (AvgIpc) is 1.69. The third-order valence-electron chi connectivity index (χ3n) is 0.689. The topological polar surface area (TPSA) is 55.4 Å². The van der Waals surface area contributed by atoms with Crippen molar-refractivity contribution in [3.05, 3.63) is 11.9 Å². The van der Waals surface area contributed by atoms with E-state index < -0.39 is 0 Å². The Morgan fingerprint density at radius 1 is 1.88 bits per heavy atom. The molecule has 0 spiro atoms. The number of rotatable bonds is 2. The number of carbonyl (C=O) groups excluding carboxylic acids is 1. The molecule has 3 nitrogen and oxygen atoms in total. The van der Waals surface area contributed by atoms with E-state index in [1.807, 2.05) is 0 Å². The molecule has 8 heavy (non-hydrogen) atoms. The van der Waals surface area contributed by atoms with E-state index >= 15 is 0 Å². The molecule has 0 aliphatic carbocycles. The zero-order valence-electron chi connectivity index (χ0n) is 4.72. The van der Waals surface area contributed by atoms with Gasteiger partial charge in [0.2, 0.25) is 0 Å². The van der Waals surface area contributed by atoms with Crippen LogP contribution in [0, 0.1) is 0 Å². The van der Waals surface area contributed by atoms with Crippen molar-refractivity contribution in [2.75, 3.05) is 0 Å². The number of aliphatic imine (C=N–C) groups is 1. The molecular weight excluding hydrogens is 104 g/mol. The van der Waals surface area contributed by atoms with E-state index in [9.17, 15) is 4.79 Å². The number of carbonyl (C=O) groups is 1. The summed E-state index contributed by atoms with van der Waals surface area (Å²) in [5, 5.41) is 0. The van der Waals surface area contributed by atoms with Crippen LogP contribution in [0.25, 0.3) is 0 Å². The third kappa shape index (κ3) is 1.55. The van der Waals surface area contributed by atoms with E-state index in [0.717, 1.165) is 6.20 Å². The van der Waals surface area contributed by atoms with Gasteiger partial charge in [0.05, 0.1) is 0 Å². The summed E-state index contributed by atoms with van der Waals surface area (Å²) in [6.07, 6.45) is 1.13. The summed E-state index contributed by atoms with van der Waals surface area (Å²) in [4.78, 5) is 13.7. The van der Waals surface area contributed by atoms with Gasteiger partial charge in [-0.15, -0.1) is 0 Å². The second kappa shape index (κ2) is 2.96. The first-order valence-electron chi connectivity index (χ1n) is 2.12. The standard InChI is InChI=1S/C5H8N2O/c1-4(8)5(3-6)7-2/h3H,2,6H2,1H3/b5-3+. The Balaban J connectivity index is 4.13. The highest BCUT2D eigenvalue weighted by atomic mass is 16.1. The Morgan fingerprint density at radius 3 is 2.38 bits per heavy atom. The Bertz CT molecular complexity index is 137. The summed E-state index contributed by atoms with van der Waals surface area (Å²) < 4.78 is 0. The van der Waals surface area contributed by atoms with Crippen LogP contribution in [0.15, 0.2) is 16.9 Å². The molecule has 0 atom stereocenters. The van der Waals surface area contributed by atoms with Crippen LogP contribution in [0.4, 0.5) is 0 Å². The van der Waals surface area contributed by atoms with Crippen LogP contribution in [0.1, 0.15) is 6.92 Å². The maximum absolute atomic E-state index is 10.3. The van der Waals surface area contributed by atoms with Crippen molar-refractivity contribution < 1.29 is 4.79 Å². The van der Waals surface area contributed by atoms with E-state index in [-0.39, 0.29) is 11.5 Å². The third-order valence-corrected chi connectivity index (χ3v) is 0.689. The van der Waals surface area contributed by atoms with Gasteiger partial charge in [-0.3, -0.25) is 9.79 Å². The molecule has 0 unspecified atom stereocenters.